The molecule has 11 nitrogen and oxygen atoms in total. The number of unbranched alkanes of at least 4 members (excludes halogenated alkanes) is 1. The predicted molar refractivity (Wildman–Crippen MR) is 164 cm³/mol. The van der Waals surface area contributed by atoms with Gasteiger partial charge in [-0.3, -0.25) is 9.59 Å². The number of hydrogen-bond acceptors (Lipinski definition) is 10. The Hall–Kier alpha value is -2.26. The third kappa shape index (κ3) is 26.0. The molecule has 0 saturated heterocycles. The molecule has 230 valence electrons. The van der Waals surface area contributed by atoms with Crippen molar-refractivity contribution in [1.82, 2.24) is 15.6 Å². The molecule has 0 saturated carbocycles. The number of halogens is 1. The summed E-state index contributed by atoms with van der Waals surface area (Å²) in [7, 11) is 0. The second kappa shape index (κ2) is 21.5. The number of aromatic nitrogens is 1. The molecule has 1 aromatic rings. The lowest BCUT2D eigenvalue weighted by Gasteiger charge is -2.18. The van der Waals surface area contributed by atoms with Crippen LogP contribution in [0.15, 0.2) is 17.5 Å². The summed E-state index contributed by atoms with van der Waals surface area (Å²) < 4.78 is 14.9. The molecule has 0 bridgehead atoms. The first-order chi connectivity index (χ1) is 18.4. The molecular weight excluding hydrogens is 653 g/mol. The van der Waals surface area contributed by atoms with Crippen LogP contribution in [0.4, 0.5) is 4.79 Å². The fourth-order valence-corrected chi connectivity index (χ4v) is 3.05. The third-order valence-electron chi connectivity index (χ3n) is 3.52. The molecule has 2 amide bonds. The minimum absolute atomic E-state index is 0.104. The molecule has 1 rings (SSSR count). The summed E-state index contributed by atoms with van der Waals surface area (Å²) in [4.78, 5) is 51.5. The number of esters is 2. The third-order valence-corrected chi connectivity index (χ3v) is 4.77. The van der Waals surface area contributed by atoms with E-state index in [0.29, 0.717) is 5.01 Å². The zero-order chi connectivity index (χ0) is 31.4. The van der Waals surface area contributed by atoms with Crippen LogP contribution in [0.3, 0.4) is 0 Å². The first kappa shape index (κ1) is 39.9. The first-order valence-electron chi connectivity index (χ1n) is 13.0. The highest BCUT2D eigenvalue weighted by atomic mass is 127. The van der Waals surface area contributed by atoms with E-state index in [1.807, 2.05) is 13.0 Å². The van der Waals surface area contributed by atoms with Crippen molar-refractivity contribution >= 4 is 58.3 Å². The monoisotopic (exact) mass is 699 g/mol. The highest BCUT2D eigenvalue weighted by Gasteiger charge is 2.21. The molecule has 0 fully saturated rings. The van der Waals surface area contributed by atoms with E-state index in [2.05, 4.69) is 32.5 Å². The highest BCUT2D eigenvalue weighted by Crippen LogP contribution is 2.15. The van der Waals surface area contributed by atoms with Gasteiger partial charge in [0.15, 0.2) is 28.7 Å². The number of allylic oxidation sites excluding steroid dienone is 1. The number of aliphatic hydroxyl groups is 1. The fraction of sp³-hybridized carbons (Fsp3) is 0.667. The van der Waals surface area contributed by atoms with E-state index >= 15 is 0 Å². The van der Waals surface area contributed by atoms with Crippen LogP contribution in [0, 0.1) is 0 Å². The zero-order valence-electron chi connectivity index (χ0n) is 25.1. The van der Waals surface area contributed by atoms with Crippen LogP contribution in [-0.2, 0) is 28.7 Å². The smallest absolute Gasteiger partial charge is 0.417 e. The standard InChI is InChI=1S/C20H28IN3O7S.C4H10O.C3H8/c1-5-6-7-8-13(29-17(26)11-23-19(28)31-21)9-15(25)22-10-16-24-14(12-32-16)18(27)30-20(2,3)4;1-4(2,3)5;1-3-2/h7-8,12-13H,5-6,9-11H2,1-4H3,(H,22,25)(H,23,28);5H,1-3H3;3H2,1-2H3/b8-7+;;. The molecule has 1 unspecified atom stereocenters. The van der Waals surface area contributed by atoms with Gasteiger partial charge in [-0.05, 0) is 54.0 Å². The molecule has 1 aromatic heterocycles. The number of thiazole rings is 1. The number of ether oxygens (including phenoxy) is 2. The van der Waals surface area contributed by atoms with Gasteiger partial charge in [0, 0.05) is 5.38 Å². The summed E-state index contributed by atoms with van der Waals surface area (Å²) in [5.74, 6) is -1.59. The predicted octanol–water partition coefficient (Wildman–Crippen LogP) is 5.64. The van der Waals surface area contributed by atoms with Crippen molar-refractivity contribution in [3.05, 3.63) is 28.2 Å². The van der Waals surface area contributed by atoms with Crippen LogP contribution < -0.4 is 10.6 Å². The van der Waals surface area contributed by atoms with Crippen LogP contribution in [0.5, 0.6) is 0 Å². The van der Waals surface area contributed by atoms with Crippen molar-refractivity contribution in [2.24, 2.45) is 0 Å². The summed E-state index contributed by atoms with van der Waals surface area (Å²) in [6, 6.07) is 0. The fourth-order valence-electron chi connectivity index (χ4n) is 2.19. The van der Waals surface area contributed by atoms with Crippen molar-refractivity contribution in [2.75, 3.05) is 6.54 Å². The molecule has 0 aliphatic heterocycles. The Morgan fingerprint density at radius 1 is 1.10 bits per heavy atom. The van der Waals surface area contributed by atoms with Gasteiger partial charge in [0.2, 0.25) is 5.91 Å². The number of nitrogens with one attached hydrogen (secondary N) is 2. The van der Waals surface area contributed by atoms with E-state index in [1.165, 1.54) is 40.8 Å². The maximum atomic E-state index is 12.3. The maximum Gasteiger partial charge on any atom is 0.417 e. The van der Waals surface area contributed by atoms with E-state index in [-0.39, 0.29) is 31.1 Å². The van der Waals surface area contributed by atoms with Gasteiger partial charge >= 0.3 is 18.0 Å². The molecule has 0 aromatic carbocycles. The Balaban J connectivity index is 0. The highest BCUT2D eigenvalue weighted by molar-refractivity contribution is 14.1. The zero-order valence-corrected chi connectivity index (χ0v) is 28.1. The Morgan fingerprint density at radius 2 is 1.68 bits per heavy atom. The van der Waals surface area contributed by atoms with E-state index < -0.39 is 35.3 Å². The number of rotatable bonds is 11. The van der Waals surface area contributed by atoms with Gasteiger partial charge in [-0.1, -0.05) is 39.7 Å². The van der Waals surface area contributed by atoms with Gasteiger partial charge < -0.3 is 28.3 Å². The lowest BCUT2D eigenvalue weighted by molar-refractivity contribution is -0.146. The molecule has 40 heavy (non-hydrogen) atoms. The van der Waals surface area contributed by atoms with Crippen molar-refractivity contribution in [3.63, 3.8) is 0 Å². The second-order valence-corrected chi connectivity index (χ2v) is 11.8. The Labute approximate surface area is 256 Å². The van der Waals surface area contributed by atoms with Crippen molar-refractivity contribution in [3.8, 4) is 0 Å². The van der Waals surface area contributed by atoms with Crippen LogP contribution in [-0.4, -0.2) is 57.9 Å². The van der Waals surface area contributed by atoms with Gasteiger partial charge in [-0.15, -0.1) is 11.3 Å². The summed E-state index contributed by atoms with van der Waals surface area (Å²) in [5, 5.41) is 15.5. The number of carbonyl (C=O) groups is 4. The first-order valence-corrected chi connectivity index (χ1v) is 14.8. The van der Waals surface area contributed by atoms with Crippen molar-refractivity contribution in [2.45, 2.75) is 112 Å². The number of amides is 2. The summed E-state index contributed by atoms with van der Waals surface area (Å²) in [5.41, 5.74) is -0.945. The lowest BCUT2D eigenvalue weighted by Crippen LogP contribution is -2.33. The van der Waals surface area contributed by atoms with Crippen LogP contribution in [0.2, 0.25) is 0 Å². The van der Waals surface area contributed by atoms with E-state index in [1.54, 1.807) is 53.0 Å². The molecule has 0 aliphatic carbocycles. The Bertz CT molecular complexity index is 918. The average molecular weight is 700 g/mol. The van der Waals surface area contributed by atoms with Crippen molar-refractivity contribution < 1.29 is 36.8 Å². The quantitative estimate of drug-likeness (QED) is 0.151. The van der Waals surface area contributed by atoms with Crippen LogP contribution in [0.1, 0.15) is 103 Å². The largest absolute Gasteiger partial charge is 0.456 e. The summed E-state index contributed by atoms with van der Waals surface area (Å²) >= 11 is 2.62. The number of nitrogens with zero attached hydrogens (tertiary/aromatic N) is 1. The minimum Gasteiger partial charge on any atom is -0.456 e. The molecule has 1 atom stereocenters. The Kier molecular flexibility index (Phi) is 21.4. The summed E-state index contributed by atoms with van der Waals surface area (Å²) in [6.45, 7) is 16.5. The molecular formula is C27H46IN3O8S. The molecule has 3 N–H and O–H groups in total. The van der Waals surface area contributed by atoms with Gasteiger partial charge in [0.25, 0.3) is 0 Å². The van der Waals surface area contributed by atoms with Gasteiger partial charge in [0.1, 0.15) is 23.3 Å². The van der Waals surface area contributed by atoms with Crippen molar-refractivity contribution in [1.29, 1.82) is 0 Å². The number of carbonyl (C=O) groups excluding carboxylic acids is 4. The minimum atomic E-state index is -0.792. The van der Waals surface area contributed by atoms with E-state index in [9.17, 15) is 19.2 Å². The maximum absolute atomic E-state index is 12.3. The van der Waals surface area contributed by atoms with E-state index in [4.69, 9.17) is 14.6 Å². The second-order valence-electron chi connectivity index (χ2n) is 10.5. The van der Waals surface area contributed by atoms with Crippen LogP contribution >= 0.6 is 34.3 Å². The van der Waals surface area contributed by atoms with Gasteiger partial charge in [0.05, 0.1) is 18.6 Å². The molecule has 0 aliphatic rings. The molecule has 0 spiro atoms. The SMILES string of the molecule is CC(C)(C)O.CCC.CCC/C=C/C(CC(=O)NCc1nc(C(=O)OC(C)(C)C)cs1)OC(=O)CNC(=O)OI. The molecule has 1 heterocycles. The van der Waals surface area contributed by atoms with Crippen LogP contribution in [0.25, 0.3) is 0 Å². The topological polar surface area (TPSA) is 153 Å². The molecule has 0 radical (unpaired) electrons. The number of hydrogen-bond donors (Lipinski definition) is 3. The normalized spacial score (nSPS) is 11.7. The lowest BCUT2D eigenvalue weighted by atomic mass is 10.2. The van der Waals surface area contributed by atoms with E-state index in [0.717, 1.165) is 12.8 Å². The average Bonchev–Trinajstić information content (AvgIpc) is 3.29. The van der Waals surface area contributed by atoms with Gasteiger partial charge in [-0.2, -0.15) is 0 Å². The summed E-state index contributed by atoms with van der Waals surface area (Å²) in [6.07, 6.45) is 4.71. The Morgan fingerprint density at radius 3 is 2.17 bits per heavy atom. The van der Waals surface area contributed by atoms with Gasteiger partial charge in [-0.25, -0.2) is 14.6 Å². The molecule has 13 heteroatoms.